The highest BCUT2D eigenvalue weighted by atomic mass is 16.3. The highest BCUT2D eigenvalue weighted by Gasteiger charge is 2.28. The van der Waals surface area contributed by atoms with Crippen molar-refractivity contribution in [3.63, 3.8) is 0 Å². The van der Waals surface area contributed by atoms with Crippen molar-refractivity contribution in [2.45, 2.75) is 46.0 Å². The van der Waals surface area contributed by atoms with E-state index in [1.807, 2.05) is 6.07 Å². The van der Waals surface area contributed by atoms with E-state index in [2.05, 4.69) is 56.9 Å². The monoisotopic (exact) mass is 277 g/mol. The van der Waals surface area contributed by atoms with E-state index in [9.17, 15) is 5.11 Å². The first-order chi connectivity index (χ1) is 9.59. The fourth-order valence-corrected chi connectivity index (χ4v) is 2.78. The summed E-state index contributed by atoms with van der Waals surface area (Å²) >= 11 is 0. The van der Waals surface area contributed by atoms with E-state index in [1.54, 1.807) is 0 Å². The zero-order valence-electron chi connectivity index (χ0n) is 13.6. The molecule has 1 aromatic carbocycles. The fourth-order valence-electron chi connectivity index (χ4n) is 2.78. The molecule has 0 saturated heterocycles. The van der Waals surface area contributed by atoms with Crippen LogP contribution in [-0.2, 0) is 5.41 Å². The number of nitrogens with zero attached hydrogens (tertiary/aromatic N) is 1. The third-order valence-electron chi connectivity index (χ3n) is 4.51. The minimum absolute atomic E-state index is 0.177. The van der Waals surface area contributed by atoms with Gasteiger partial charge in [0.05, 0.1) is 6.61 Å². The van der Waals surface area contributed by atoms with Crippen LogP contribution in [0.2, 0.25) is 0 Å². The van der Waals surface area contributed by atoms with Gasteiger partial charge in [-0.3, -0.25) is 0 Å². The van der Waals surface area contributed by atoms with Crippen molar-refractivity contribution >= 4 is 0 Å². The second kappa shape index (κ2) is 8.43. The van der Waals surface area contributed by atoms with Gasteiger partial charge in [-0.25, -0.2) is 0 Å². The summed E-state index contributed by atoms with van der Waals surface area (Å²) in [6.07, 6.45) is 2.46. The average Bonchev–Trinajstić information content (AvgIpc) is 2.52. The lowest BCUT2D eigenvalue weighted by atomic mass is 9.82. The van der Waals surface area contributed by atoms with Crippen LogP contribution in [0.25, 0.3) is 0 Å². The Balaban J connectivity index is 2.79. The van der Waals surface area contributed by atoms with Crippen molar-refractivity contribution in [3.8, 4) is 0 Å². The van der Waals surface area contributed by atoms with Crippen LogP contribution in [0.4, 0.5) is 0 Å². The number of aliphatic hydroxyl groups excluding tert-OH is 1. The van der Waals surface area contributed by atoms with E-state index >= 15 is 0 Å². The SMILES string of the molecule is CCC(CC)CN(CC)CC(C)(CO)c1ccccc1. The van der Waals surface area contributed by atoms with E-state index in [0.29, 0.717) is 0 Å². The number of rotatable bonds is 9. The minimum Gasteiger partial charge on any atom is -0.395 e. The van der Waals surface area contributed by atoms with Crippen LogP contribution in [0.1, 0.15) is 46.1 Å². The predicted octanol–water partition coefficient (Wildman–Crippen LogP) is 3.69. The van der Waals surface area contributed by atoms with Crippen LogP contribution in [-0.4, -0.2) is 36.2 Å². The van der Waals surface area contributed by atoms with E-state index in [-0.39, 0.29) is 12.0 Å². The van der Waals surface area contributed by atoms with Gasteiger partial charge in [-0.15, -0.1) is 0 Å². The molecule has 1 N–H and O–H groups in total. The lowest BCUT2D eigenvalue weighted by Gasteiger charge is -2.35. The molecule has 0 spiro atoms. The van der Waals surface area contributed by atoms with Crippen molar-refractivity contribution in [1.29, 1.82) is 0 Å². The maximum atomic E-state index is 9.90. The molecule has 0 aliphatic rings. The van der Waals surface area contributed by atoms with Crippen LogP contribution >= 0.6 is 0 Å². The fraction of sp³-hybridized carbons (Fsp3) is 0.667. The van der Waals surface area contributed by atoms with Gasteiger partial charge in [0.25, 0.3) is 0 Å². The Bertz CT molecular complexity index is 361. The molecule has 0 aliphatic carbocycles. The van der Waals surface area contributed by atoms with Gasteiger partial charge in [0.1, 0.15) is 0 Å². The molecule has 1 unspecified atom stereocenters. The van der Waals surface area contributed by atoms with Crippen molar-refractivity contribution in [3.05, 3.63) is 35.9 Å². The maximum Gasteiger partial charge on any atom is 0.0537 e. The topological polar surface area (TPSA) is 23.5 Å². The quantitative estimate of drug-likeness (QED) is 0.744. The summed E-state index contributed by atoms with van der Waals surface area (Å²) in [6.45, 7) is 12.2. The van der Waals surface area contributed by atoms with Crippen molar-refractivity contribution < 1.29 is 5.11 Å². The highest BCUT2D eigenvalue weighted by Crippen LogP contribution is 2.25. The lowest BCUT2D eigenvalue weighted by Crippen LogP contribution is -2.43. The smallest absolute Gasteiger partial charge is 0.0537 e. The summed E-state index contributed by atoms with van der Waals surface area (Å²) in [5.41, 5.74) is 1.05. The highest BCUT2D eigenvalue weighted by molar-refractivity contribution is 5.25. The summed E-state index contributed by atoms with van der Waals surface area (Å²) in [7, 11) is 0. The molecule has 1 atom stereocenters. The van der Waals surface area contributed by atoms with Crippen LogP contribution in [0.5, 0.6) is 0 Å². The van der Waals surface area contributed by atoms with E-state index in [1.165, 1.54) is 18.4 Å². The molecule has 0 fully saturated rings. The first-order valence-corrected chi connectivity index (χ1v) is 7.98. The zero-order chi connectivity index (χ0) is 15.0. The van der Waals surface area contributed by atoms with Gasteiger partial charge in [-0.1, -0.05) is 70.9 Å². The van der Waals surface area contributed by atoms with E-state index < -0.39 is 0 Å². The number of benzene rings is 1. The largest absolute Gasteiger partial charge is 0.395 e. The second-order valence-corrected chi connectivity index (χ2v) is 6.10. The van der Waals surface area contributed by atoms with Gasteiger partial charge < -0.3 is 10.0 Å². The number of hydrogen-bond acceptors (Lipinski definition) is 2. The molecular formula is C18H31NO. The summed E-state index contributed by atoms with van der Waals surface area (Å²) in [6, 6.07) is 10.4. The Morgan fingerprint density at radius 3 is 2.15 bits per heavy atom. The van der Waals surface area contributed by atoms with Gasteiger partial charge in [0.15, 0.2) is 0 Å². The first-order valence-electron chi connectivity index (χ1n) is 7.98. The average molecular weight is 277 g/mol. The van der Waals surface area contributed by atoms with Gasteiger partial charge in [-0.05, 0) is 18.0 Å². The van der Waals surface area contributed by atoms with Gasteiger partial charge in [0, 0.05) is 18.5 Å². The molecule has 0 saturated carbocycles. The Kier molecular flexibility index (Phi) is 7.25. The van der Waals surface area contributed by atoms with Crippen molar-refractivity contribution in [1.82, 2.24) is 4.90 Å². The molecular weight excluding hydrogens is 246 g/mol. The molecule has 114 valence electrons. The summed E-state index contributed by atoms with van der Waals surface area (Å²) in [5.74, 6) is 0.758. The Morgan fingerprint density at radius 2 is 1.70 bits per heavy atom. The Morgan fingerprint density at radius 1 is 1.10 bits per heavy atom. The Labute approximate surface area is 124 Å². The third-order valence-corrected chi connectivity index (χ3v) is 4.51. The van der Waals surface area contributed by atoms with Crippen LogP contribution in [0.15, 0.2) is 30.3 Å². The molecule has 1 aromatic rings. The zero-order valence-corrected chi connectivity index (χ0v) is 13.6. The van der Waals surface area contributed by atoms with Crippen LogP contribution < -0.4 is 0 Å². The van der Waals surface area contributed by atoms with Crippen molar-refractivity contribution in [2.75, 3.05) is 26.2 Å². The first kappa shape index (κ1) is 17.2. The molecule has 0 aromatic heterocycles. The number of aliphatic hydroxyl groups is 1. The summed E-state index contributed by atoms with van der Waals surface area (Å²) in [5, 5.41) is 9.90. The molecule has 20 heavy (non-hydrogen) atoms. The van der Waals surface area contributed by atoms with Crippen molar-refractivity contribution in [2.24, 2.45) is 5.92 Å². The van der Waals surface area contributed by atoms with Gasteiger partial charge in [-0.2, -0.15) is 0 Å². The normalized spacial score (nSPS) is 14.8. The molecule has 2 nitrogen and oxygen atoms in total. The van der Waals surface area contributed by atoms with Crippen LogP contribution in [0.3, 0.4) is 0 Å². The van der Waals surface area contributed by atoms with Gasteiger partial charge in [0.2, 0.25) is 0 Å². The standard InChI is InChI=1S/C18H31NO/c1-5-16(6-2)13-19(7-3)14-18(4,15-20)17-11-9-8-10-12-17/h8-12,16,20H,5-7,13-15H2,1-4H3. The third kappa shape index (κ3) is 4.60. The van der Waals surface area contributed by atoms with Gasteiger partial charge >= 0.3 is 0 Å². The maximum absolute atomic E-state index is 9.90. The molecule has 0 amide bonds. The molecule has 0 aliphatic heterocycles. The minimum atomic E-state index is -0.177. The molecule has 0 bridgehead atoms. The van der Waals surface area contributed by atoms with Crippen LogP contribution in [0, 0.1) is 5.92 Å². The number of hydrogen-bond donors (Lipinski definition) is 1. The van der Waals surface area contributed by atoms with E-state index in [0.717, 1.165) is 25.6 Å². The number of likely N-dealkylation sites (N-methyl/N-ethyl adjacent to an activating group) is 1. The summed E-state index contributed by atoms with van der Waals surface area (Å²) in [4.78, 5) is 2.49. The molecule has 0 radical (unpaired) electrons. The molecule has 0 heterocycles. The second-order valence-electron chi connectivity index (χ2n) is 6.10. The summed E-state index contributed by atoms with van der Waals surface area (Å²) < 4.78 is 0. The lowest BCUT2D eigenvalue weighted by molar-refractivity contribution is 0.133. The molecule has 1 rings (SSSR count). The van der Waals surface area contributed by atoms with E-state index in [4.69, 9.17) is 0 Å². The Hall–Kier alpha value is -0.860. The molecule has 2 heteroatoms. The predicted molar refractivity (Wildman–Crippen MR) is 87.1 cm³/mol.